The lowest BCUT2D eigenvalue weighted by Crippen LogP contribution is -2.16. The molecular weight excluding hydrogens is 202 g/mol. The van der Waals surface area contributed by atoms with Gasteiger partial charge in [-0.15, -0.1) is 0 Å². The first-order chi connectivity index (χ1) is 7.66. The van der Waals surface area contributed by atoms with E-state index in [1.54, 1.807) is 0 Å². The van der Waals surface area contributed by atoms with Gasteiger partial charge in [0.2, 0.25) is 0 Å². The van der Waals surface area contributed by atoms with E-state index in [9.17, 15) is 0 Å². The van der Waals surface area contributed by atoms with Crippen LogP contribution in [0.5, 0.6) is 0 Å². The molecule has 0 bridgehead atoms. The lowest BCUT2D eigenvalue weighted by Gasteiger charge is -2.23. The SMILES string of the molecule is CC1CCc2n[nH]nc2C(OC(C)C)CC1. The van der Waals surface area contributed by atoms with Crippen LogP contribution in [0, 0.1) is 5.92 Å². The molecule has 0 aliphatic heterocycles. The Morgan fingerprint density at radius 3 is 2.81 bits per heavy atom. The molecule has 2 unspecified atom stereocenters. The molecular formula is C12H21N3O. The zero-order valence-corrected chi connectivity index (χ0v) is 10.4. The fourth-order valence-corrected chi connectivity index (χ4v) is 2.26. The Labute approximate surface area is 96.8 Å². The molecule has 0 fully saturated rings. The van der Waals surface area contributed by atoms with Crippen LogP contribution in [0.15, 0.2) is 0 Å². The standard InChI is InChI=1S/C12H21N3O/c1-8(2)16-11-7-5-9(3)4-6-10-12(11)14-15-13-10/h8-9,11H,4-7H2,1-3H3,(H,13,14,15). The molecule has 0 aromatic carbocycles. The van der Waals surface area contributed by atoms with Crippen LogP contribution in [0.2, 0.25) is 0 Å². The monoisotopic (exact) mass is 223 g/mol. The first-order valence-corrected chi connectivity index (χ1v) is 6.21. The van der Waals surface area contributed by atoms with Crippen LogP contribution >= 0.6 is 0 Å². The molecule has 2 atom stereocenters. The van der Waals surface area contributed by atoms with Gasteiger partial charge >= 0.3 is 0 Å². The summed E-state index contributed by atoms with van der Waals surface area (Å²) < 4.78 is 5.94. The number of hydrogen-bond donors (Lipinski definition) is 1. The van der Waals surface area contributed by atoms with E-state index in [4.69, 9.17) is 4.74 Å². The zero-order chi connectivity index (χ0) is 11.5. The molecule has 1 aliphatic rings. The first-order valence-electron chi connectivity index (χ1n) is 6.21. The second kappa shape index (κ2) is 4.95. The van der Waals surface area contributed by atoms with Crippen LogP contribution in [0.4, 0.5) is 0 Å². The fourth-order valence-electron chi connectivity index (χ4n) is 2.26. The van der Waals surface area contributed by atoms with Crippen LogP contribution in [0.25, 0.3) is 0 Å². The van der Waals surface area contributed by atoms with E-state index >= 15 is 0 Å². The number of hydrogen-bond acceptors (Lipinski definition) is 3. The Balaban J connectivity index is 2.18. The number of rotatable bonds is 2. The summed E-state index contributed by atoms with van der Waals surface area (Å²) in [6.45, 7) is 6.45. The number of ether oxygens (including phenoxy) is 1. The van der Waals surface area contributed by atoms with Crippen LogP contribution in [0.1, 0.15) is 57.5 Å². The number of aromatic amines is 1. The van der Waals surface area contributed by atoms with E-state index in [-0.39, 0.29) is 12.2 Å². The van der Waals surface area contributed by atoms with Crippen molar-refractivity contribution in [3.8, 4) is 0 Å². The fraction of sp³-hybridized carbons (Fsp3) is 0.833. The molecule has 1 N–H and O–H groups in total. The van der Waals surface area contributed by atoms with E-state index in [2.05, 4.69) is 36.2 Å². The van der Waals surface area contributed by atoms with Crippen molar-refractivity contribution in [3.05, 3.63) is 11.4 Å². The Morgan fingerprint density at radius 1 is 1.25 bits per heavy atom. The molecule has 1 aromatic rings. The number of H-pyrrole nitrogens is 1. The van der Waals surface area contributed by atoms with Crippen LogP contribution in [-0.2, 0) is 11.2 Å². The average Bonchev–Trinajstić information content (AvgIpc) is 2.66. The van der Waals surface area contributed by atoms with Crippen molar-refractivity contribution in [1.82, 2.24) is 15.4 Å². The Hall–Kier alpha value is -0.900. The van der Waals surface area contributed by atoms with E-state index in [0.717, 1.165) is 30.1 Å². The van der Waals surface area contributed by atoms with Gasteiger partial charge < -0.3 is 4.74 Å². The molecule has 1 aliphatic carbocycles. The summed E-state index contributed by atoms with van der Waals surface area (Å²) in [5, 5.41) is 11.2. The topological polar surface area (TPSA) is 50.8 Å². The maximum atomic E-state index is 5.94. The highest BCUT2D eigenvalue weighted by Crippen LogP contribution is 2.31. The third kappa shape index (κ3) is 2.61. The normalized spacial score (nSPS) is 26.2. The van der Waals surface area contributed by atoms with Gasteiger partial charge in [0.1, 0.15) is 11.8 Å². The highest BCUT2D eigenvalue weighted by atomic mass is 16.5. The Kier molecular flexibility index (Phi) is 3.59. The summed E-state index contributed by atoms with van der Waals surface area (Å²) >= 11 is 0. The Bertz CT molecular complexity index is 335. The summed E-state index contributed by atoms with van der Waals surface area (Å²) in [5.74, 6) is 0.753. The van der Waals surface area contributed by atoms with Gasteiger partial charge in [0.15, 0.2) is 0 Å². The third-order valence-corrected chi connectivity index (χ3v) is 3.19. The van der Waals surface area contributed by atoms with E-state index in [1.165, 1.54) is 12.8 Å². The largest absolute Gasteiger partial charge is 0.369 e. The highest BCUT2D eigenvalue weighted by Gasteiger charge is 2.24. The molecule has 1 aromatic heterocycles. The van der Waals surface area contributed by atoms with Gasteiger partial charge in [-0.1, -0.05) is 6.92 Å². The van der Waals surface area contributed by atoms with Gasteiger partial charge in [-0.2, -0.15) is 15.4 Å². The molecule has 0 saturated carbocycles. The van der Waals surface area contributed by atoms with Crippen molar-refractivity contribution in [2.45, 2.75) is 58.7 Å². The molecule has 2 rings (SSSR count). The molecule has 0 radical (unpaired) electrons. The second-order valence-corrected chi connectivity index (χ2v) is 5.05. The lowest BCUT2D eigenvalue weighted by molar-refractivity contribution is -0.00558. The van der Waals surface area contributed by atoms with Gasteiger partial charge in [-0.3, -0.25) is 0 Å². The molecule has 1 heterocycles. The number of nitrogens with one attached hydrogen (secondary N) is 1. The van der Waals surface area contributed by atoms with Gasteiger partial charge in [0.25, 0.3) is 0 Å². The van der Waals surface area contributed by atoms with E-state index in [0.29, 0.717) is 0 Å². The molecule has 4 heteroatoms. The van der Waals surface area contributed by atoms with Crippen molar-refractivity contribution in [2.24, 2.45) is 5.92 Å². The van der Waals surface area contributed by atoms with Gasteiger partial charge in [0, 0.05) is 0 Å². The molecule has 0 amide bonds. The van der Waals surface area contributed by atoms with Crippen molar-refractivity contribution < 1.29 is 4.74 Å². The molecule has 16 heavy (non-hydrogen) atoms. The predicted octanol–water partition coefficient (Wildman–Crippen LogP) is 2.63. The minimum absolute atomic E-state index is 0.122. The van der Waals surface area contributed by atoms with E-state index < -0.39 is 0 Å². The number of aryl methyl sites for hydroxylation is 1. The van der Waals surface area contributed by atoms with Crippen LogP contribution < -0.4 is 0 Å². The highest BCUT2D eigenvalue weighted by molar-refractivity contribution is 5.13. The first kappa shape index (κ1) is 11.6. The maximum absolute atomic E-state index is 5.94. The quantitative estimate of drug-likeness (QED) is 0.838. The van der Waals surface area contributed by atoms with Crippen molar-refractivity contribution in [1.29, 1.82) is 0 Å². The predicted molar refractivity (Wildman–Crippen MR) is 62.1 cm³/mol. The zero-order valence-electron chi connectivity index (χ0n) is 10.4. The van der Waals surface area contributed by atoms with Crippen molar-refractivity contribution >= 4 is 0 Å². The maximum Gasteiger partial charge on any atom is 0.114 e. The molecule has 4 nitrogen and oxygen atoms in total. The molecule has 0 saturated heterocycles. The summed E-state index contributed by atoms with van der Waals surface area (Å²) in [5.41, 5.74) is 2.12. The van der Waals surface area contributed by atoms with Gasteiger partial charge in [-0.05, 0) is 45.4 Å². The molecule has 0 spiro atoms. The van der Waals surface area contributed by atoms with Crippen molar-refractivity contribution in [3.63, 3.8) is 0 Å². The van der Waals surface area contributed by atoms with Gasteiger partial charge in [0.05, 0.1) is 11.8 Å². The second-order valence-electron chi connectivity index (χ2n) is 5.05. The average molecular weight is 223 g/mol. The van der Waals surface area contributed by atoms with E-state index in [1.807, 2.05) is 0 Å². The summed E-state index contributed by atoms with van der Waals surface area (Å²) in [6.07, 6.45) is 4.85. The minimum Gasteiger partial charge on any atom is -0.369 e. The minimum atomic E-state index is 0.122. The van der Waals surface area contributed by atoms with Gasteiger partial charge in [-0.25, -0.2) is 0 Å². The Morgan fingerprint density at radius 2 is 2.06 bits per heavy atom. The third-order valence-electron chi connectivity index (χ3n) is 3.19. The number of aromatic nitrogens is 3. The van der Waals surface area contributed by atoms with Crippen LogP contribution in [0.3, 0.4) is 0 Å². The smallest absolute Gasteiger partial charge is 0.114 e. The van der Waals surface area contributed by atoms with Crippen LogP contribution in [-0.4, -0.2) is 21.5 Å². The lowest BCUT2D eigenvalue weighted by atomic mass is 9.91. The summed E-state index contributed by atoms with van der Waals surface area (Å²) in [4.78, 5) is 0. The summed E-state index contributed by atoms with van der Waals surface area (Å²) in [6, 6.07) is 0. The summed E-state index contributed by atoms with van der Waals surface area (Å²) in [7, 11) is 0. The van der Waals surface area contributed by atoms with Crippen molar-refractivity contribution in [2.75, 3.05) is 0 Å². The molecule has 90 valence electrons. The number of nitrogens with zero attached hydrogens (tertiary/aromatic N) is 2. The number of fused-ring (bicyclic) bond motifs is 1.